The maximum atomic E-state index is 10.9. The third-order valence-corrected chi connectivity index (χ3v) is 3.86. The maximum Gasteiger partial charge on any atom is 0.345 e. The Hall–Kier alpha value is -2.08. The highest BCUT2D eigenvalue weighted by atomic mass is 32.1. The second-order valence-corrected chi connectivity index (χ2v) is 5.63. The molecular formula is C14H13NO4S. The van der Waals surface area contributed by atoms with Crippen LogP contribution >= 0.6 is 11.3 Å². The van der Waals surface area contributed by atoms with Crippen LogP contribution in [-0.2, 0) is 17.8 Å². The van der Waals surface area contributed by atoms with Gasteiger partial charge >= 0.3 is 5.97 Å². The lowest BCUT2D eigenvalue weighted by molar-refractivity contribution is -0.144. The van der Waals surface area contributed by atoms with E-state index >= 15 is 0 Å². The average Bonchev–Trinajstić information content (AvgIpc) is 3.01. The predicted octanol–water partition coefficient (Wildman–Crippen LogP) is 2.42. The van der Waals surface area contributed by atoms with Gasteiger partial charge in [0.05, 0.1) is 10.7 Å². The van der Waals surface area contributed by atoms with Crippen molar-refractivity contribution < 1.29 is 19.4 Å². The molecule has 0 saturated heterocycles. The van der Waals surface area contributed by atoms with Gasteiger partial charge in [-0.25, -0.2) is 9.78 Å². The van der Waals surface area contributed by atoms with Gasteiger partial charge in [-0.15, -0.1) is 11.3 Å². The summed E-state index contributed by atoms with van der Waals surface area (Å²) >= 11 is 1.58. The summed E-state index contributed by atoms with van der Waals surface area (Å²) in [6.45, 7) is 2.34. The fourth-order valence-electron chi connectivity index (χ4n) is 2.07. The van der Waals surface area contributed by atoms with Crippen molar-refractivity contribution in [2.24, 2.45) is 0 Å². The quantitative estimate of drug-likeness (QED) is 0.937. The SMILES string of the molecule is Cc1nc(COc2ccc3c(c2)OC(C(=O)O)C3)cs1. The van der Waals surface area contributed by atoms with Gasteiger partial charge in [-0.05, 0) is 18.6 Å². The summed E-state index contributed by atoms with van der Waals surface area (Å²) in [4.78, 5) is 15.2. The highest BCUT2D eigenvalue weighted by Gasteiger charge is 2.28. The van der Waals surface area contributed by atoms with Crippen molar-refractivity contribution in [3.05, 3.63) is 39.8 Å². The summed E-state index contributed by atoms with van der Waals surface area (Å²) in [5.74, 6) is 0.298. The molecule has 0 fully saturated rings. The largest absolute Gasteiger partial charge is 0.487 e. The molecule has 1 unspecified atom stereocenters. The van der Waals surface area contributed by atoms with Crippen molar-refractivity contribution in [3.8, 4) is 11.5 Å². The molecule has 0 amide bonds. The van der Waals surface area contributed by atoms with E-state index < -0.39 is 12.1 Å². The number of nitrogens with zero attached hydrogens (tertiary/aromatic N) is 1. The first-order valence-corrected chi connectivity index (χ1v) is 7.06. The molecule has 1 atom stereocenters. The minimum Gasteiger partial charge on any atom is -0.487 e. The number of hydrogen-bond donors (Lipinski definition) is 1. The van der Waals surface area contributed by atoms with Gasteiger partial charge < -0.3 is 14.6 Å². The number of carbonyl (C=O) groups is 1. The smallest absolute Gasteiger partial charge is 0.345 e. The van der Waals surface area contributed by atoms with Crippen LogP contribution in [0.15, 0.2) is 23.6 Å². The van der Waals surface area contributed by atoms with E-state index in [1.807, 2.05) is 24.4 Å². The number of aromatic nitrogens is 1. The number of hydrogen-bond acceptors (Lipinski definition) is 5. The van der Waals surface area contributed by atoms with Crippen molar-refractivity contribution in [2.75, 3.05) is 0 Å². The van der Waals surface area contributed by atoms with Crippen LogP contribution < -0.4 is 9.47 Å². The molecule has 0 aliphatic carbocycles. The number of fused-ring (bicyclic) bond motifs is 1. The standard InChI is InChI=1S/C14H13NO4S/c1-8-15-10(7-20-8)6-18-11-3-2-9-4-13(14(16)17)19-12(9)5-11/h2-3,5,7,13H,4,6H2,1H3,(H,16,17). The Morgan fingerprint density at radius 1 is 1.60 bits per heavy atom. The van der Waals surface area contributed by atoms with Crippen LogP contribution in [0.2, 0.25) is 0 Å². The van der Waals surface area contributed by atoms with E-state index in [0.29, 0.717) is 24.5 Å². The monoisotopic (exact) mass is 291 g/mol. The highest BCUT2D eigenvalue weighted by molar-refractivity contribution is 7.09. The first-order chi connectivity index (χ1) is 9.61. The van der Waals surface area contributed by atoms with E-state index in [-0.39, 0.29) is 0 Å². The van der Waals surface area contributed by atoms with E-state index in [1.165, 1.54) is 0 Å². The molecule has 3 rings (SSSR count). The molecule has 1 aromatic carbocycles. The molecule has 1 aliphatic rings. The Morgan fingerprint density at radius 3 is 3.15 bits per heavy atom. The van der Waals surface area contributed by atoms with Crippen LogP contribution in [-0.4, -0.2) is 22.2 Å². The Balaban J connectivity index is 1.68. The van der Waals surface area contributed by atoms with Crippen molar-refractivity contribution in [3.63, 3.8) is 0 Å². The van der Waals surface area contributed by atoms with Crippen LogP contribution in [0, 0.1) is 6.92 Å². The summed E-state index contributed by atoms with van der Waals surface area (Å²) in [6, 6.07) is 5.41. The zero-order valence-corrected chi connectivity index (χ0v) is 11.6. The molecule has 5 nitrogen and oxygen atoms in total. The number of carboxylic acid groups (broad SMARTS) is 1. The van der Waals surface area contributed by atoms with Crippen molar-refractivity contribution in [1.82, 2.24) is 4.98 Å². The second kappa shape index (κ2) is 5.13. The molecule has 0 spiro atoms. The zero-order valence-electron chi connectivity index (χ0n) is 10.8. The molecule has 0 saturated carbocycles. The minimum atomic E-state index is -0.943. The summed E-state index contributed by atoms with van der Waals surface area (Å²) in [5.41, 5.74) is 1.78. The highest BCUT2D eigenvalue weighted by Crippen LogP contribution is 2.32. The molecule has 6 heteroatoms. The van der Waals surface area contributed by atoms with E-state index in [4.69, 9.17) is 14.6 Å². The van der Waals surface area contributed by atoms with Gasteiger partial charge in [-0.1, -0.05) is 6.07 Å². The number of thiazole rings is 1. The Bertz CT molecular complexity index is 652. The topological polar surface area (TPSA) is 68.7 Å². The third kappa shape index (κ3) is 2.60. The van der Waals surface area contributed by atoms with Gasteiger partial charge in [0.1, 0.15) is 18.1 Å². The summed E-state index contributed by atoms with van der Waals surface area (Å²) < 4.78 is 11.0. The molecule has 1 N–H and O–H groups in total. The summed E-state index contributed by atoms with van der Waals surface area (Å²) in [5, 5.41) is 11.9. The lowest BCUT2D eigenvalue weighted by Gasteiger charge is -2.07. The fraction of sp³-hybridized carbons (Fsp3) is 0.286. The van der Waals surface area contributed by atoms with Gasteiger partial charge in [0.25, 0.3) is 0 Å². The molecule has 1 aromatic heterocycles. The van der Waals surface area contributed by atoms with E-state index in [2.05, 4.69) is 4.98 Å². The number of benzene rings is 1. The first kappa shape index (κ1) is 12.9. The van der Waals surface area contributed by atoms with Gasteiger partial charge in [0, 0.05) is 17.9 Å². The number of aliphatic carboxylic acids is 1. The minimum absolute atomic E-state index is 0.394. The molecule has 1 aliphatic heterocycles. The lowest BCUT2D eigenvalue weighted by Crippen LogP contribution is -2.24. The number of ether oxygens (including phenoxy) is 2. The maximum absolute atomic E-state index is 10.9. The number of aryl methyl sites for hydroxylation is 1. The van der Waals surface area contributed by atoms with Crippen LogP contribution in [0.1, 0.15) is 16.3 Å². The molecule has 2 heterocycles. The Morgan fingerprint density at radius 2 is 2.45 bits per heavy atom. The van der Waals surface area contributed by atoms with Crippen LogP contribution in [0.3, 0.4) is 0 Å². The second-order valence-electron chi connectivity index (χ2n) is 4.56. The molecule has 0 bridgehead atoms. The number of carboxylic acids is 1. The zero-order chi connectivity index (χ0) is 14.1. The van der Waals surface area contributed by atoms with E-state index in [0.717, 1.165) is 16.3 Å². The number of rotatable bonds is 4. The molecular weight excluding hydrogens is 278 g/mol. The van der Waals surface area contributed by atoms with Gasteiger partial charge in [0.15, 0.2) is 6.10 Å². The predicted molar refractivity (Wildman–Crippen MR) is 73.4 cm³/mol. The molecule has 20 heavy (non-hydrogen) atoms. The van der Waals surface area contributed by atoms with Crippen molar-refractivity contribution >= 4 is 17.3 Å². The lowest BCUT2D eigenvalue weighted by atomic mass is 10.1. The van der Waals surface area contributed by atoms with Crippen molar-refractivity contribution in [2.45, 2.75) is 26.1 Å². The summed E-state index contributed by atoms with van der Waals surface area (Å²) in [7, 11) is 0. The van der Waals surface area contributed by atoms with Crippen LogP contribution in [0.25, 0.3) is 0 Å². The van der Waals surface area contributed by atoms with E-state index in [1.54, 1.807) is 17.4 Å². The average molecular weight is 291 g/mol. The van der Waals surface area contributed by atoms with Crippen LogP contribution in [0.5, 0.6) is 11.5 Å². The Labute approximate surface area is 119 Å². The van der Waals surface area contributed by atoms with Gasteiger partial charge in [-0.2, -0.15) is 0 Å². The van der Waals surface area contributed by atoms with Crippen LogP contribution in [0.4, 0.5) is 0 Å². The van der Waals surface area contributed by atoms with Gasteiger partial charge in [0.2, 0.25) is 0 Å². The summed E-state index contributed by atoms with van der Waals surface area (Å²) in [6.07, 6.45) is -0.391. The Kier molecular flexibility index (Phi) is 3.31. The molecule has 104 valence electrons. The fourth-order valence-corrected chi connectivity index (χ4v) is 2.66. The van der Waals surface area contributed by atoms with E-state index in [9.17, 15) is 4.79 Å². The normalized spacial score (nSPS) is 16.6. The van der Waals surface area contributed by atoms with Gasteiger partial charge in [-0.3, -0.25) is 0 Å². The third-order valence-electron chi connectivity index (χ3n) is 3.04. The van der Waals surface area contributed by atoms with Crippen molar-refractivity contribution in [1.29, 1.82) is 0 Å². The molecule has 2 aromatic rings. The molecule has 0 radical (unpaired) electrons. The first-order valence-electron chi connectivity index (χ1n) is 6.18.